The number of phenols is 1. The molecule has 0 aromatic heterocycles. The molecule has 5 nitrogen and oxygen atoms in total. The number of nitrogens with two attached hydrogens (primary N) is 1. The summed E-state index contributed by atoms with van der Waals surface area (Å²) in [7, 11) is 0. The zero-order valence-corrected chi connectivity index (χ0v) is 19.9. The second kappa shape index (κ2) is 14.1. The first-order chi connectivity index (χ1) is 15.1. The van der Waals surface area contributed by atoms with Crippen LogP contribution in [0.1, 0.15) is 69.9 Å². The molecular formula is C24H35ClF2N2O3. The van der Waals surface area contributed by atoms with E-state index < -0.39 is 12.0 Å². The Labute approximate surface area is 194 Å². The minimum absolute atomic E-state index is 0.0696. The predicted molar refractivity (Wildman–Crippen MR) is 124 cm³/mol. The summed E-state index contributed by atoms with van der Waals surface area (Å²) < 4.78 is 27.3. The van der Waals surface area contributed by atoms with Gasteiger partial charge in [-0.2, -0.15) is 0 Å². The number of phenolic OH excluding ortho intramolecular Hbond substituents is 1. The molecule has 0 aliphatic heterocycles. The molecule has 1 saturated carbocycles. The van der Waals surface area contributed by atoms with E-state index in [4.69, 9.17) is 16.4 Å². The van der Waals surface area contributed by atoms with Crippen LogP contribution in [0.3, 0.4) is 0 Å². The lowest BCUT2D eigenvalue weighted by Crippen LogP contribution is -2.34. The van der Waals surface area contributed by atoms with Crippen LogP contribution in [0.4, 0.5) is 8.78 Å². The number of amides is 2. The summed E-state index contributed by atoms with van der Waals surface area (Å²) in [6.07, 6.45) is 9.01. The van der Waals surface area contributed by atoms with Crippen molar-refractivity contribution in [2.45, 2.75) is 84.4 Å². The molecule has 32 heavy (non-hydrogen) atoms. The highest BCUT2D eigenvalue weighted by molar-refractivity contribution is 6.32. The lowest BCUT2D eigenvalue weighted by atomic mass is 9.85. The number of aromatic hydroxyl groups is 1. The number of hydrogen-bond donors (Lipinski definition) is 3. The van der Waals surface area contributed by atoms with Gasteiger partial charge in [0.2, 0.25) is 12.3 Å². The van der Waals surface area contributed by atoms with E-state index in [1.165, 1.54) is 38.2 Å². The Hall–Kier alpha value is -2.15. The van der Waals surface area contributed by atoms with Crippen molar-refractivity contribution < 1.29 is 23.5 Å². The Balaban J connectivity index is 0.000000330. The van der Waals surface area contributed by atoms with Crippen LogP contribution in [-0.2, 0) is 16.0 Å². The summed E-state index contributed by atoms with van der Waals surface area (Å²) in [6.45, 7) is 5.07. The zero-order valence-electron chi connectivity index (χ0n) is 19.1. The van der Waals surface area contributed by atoms with Crippen molar-refractivity contribution in [3.05, 3.63) is 39.7 Å². The van der Waals surface area contributed by atoms with Crippen molar-refractivity contribution in [2.75, 3.05) is 0 Å². The number of benzene rings is 1. The van der Waals surface area contributed by atoms with E-state index in [9.17, 15) is 18.7 Å². The Kier molecular flexibility index (Phi) is 12.3. The average Bonchev–Trinajstić information content (AvgIpc) is 2.74. The summed E-state index contributed by atoms with van der Waals surface area (Å²) in [6, 6.07) is 1.80. The van der Waals surface area contributed by atoms with Gasteiger partial charge < -0.3 is 16.2 Å². The monoisotopic (exact) mass is 472 g/mol. The average molecular weight is 473 g/mol. The smallest absolute Gasteiger partial charge is 0.217 e. The second-order valence-electron chi connectivity index (χ2n) is 8.41. The molecule has 2 unspecified atom stereocenters. The van der Waals surface area contributed by atoms with E-state index in [2.05, 4.69) is 11.1 Å². The highest BCUT2D eigenvalue weighted by Gasteiger charge is 2.23. The van der Waals surface area contributed by atoms with Crippen molar-refractivity contribution in [3.63, 3.8) is 0 Å². The van der Waals surface area contributed by atoms with E-state index in [0.29, 0.717) is 47.0 Å². The maximum absolute atomic E-state index is 13.9. The van der Waals surface area contributed by atoms with Crippen LogP contribution in [-0.4, -0.2) is 29.6 Å². The van der Waals surface area contributed by atoms with Crippen LogP contribution in [0.2, 0.25) is 5.02 Å². The molecule has 180 valence electrons. The predicted octanol–water partition coefficient (Wildman–Crippen LogP) is 5.29. The summed E-state index contributed by atoms with van der Waals surface area (Å²) in [5.41, 5.74) is 5.84. The fraction of sp³-hybridized carbons (Fsp3) is 0.583. The third-order valence-corrected chi connectivity index (χ3v) is 6.24. The molecule has 1 aromatic rings. The number of rotatable bonds is 3. The van der Waals surface area contributed by atoms with Crippen molar-refractivity contribution in [3.8, 4) is 5.75 Å². The Morgan fingerprint density at radius 2 is 1.84 bits per heavy atom. The largest absolute Gasteiger partial charge is 0.505 e. The number of hydrogen-bond acceptors (Lipinski definition) is 3. The van der Waals surface area contributed by atoms with Gasteiger partial charge in [-0.25, -0.2) is 8.78 Å². The van der Waals surface area contributed by atoms with Crippen LogP contribution in [0.25, 0.3) is 0 Å². The van der Waals surface area contributed by atoms with Gasteiger partial charge in [-0.1, -0.05) is 36.9 Å². The summed E-state index contributed by atoms with van der Waals surface area (Å²) in [5, 5.41) is 12.8. The molecular weight excluding hydrogens is 438 g/mol. The molecule has 0 bridgehead atoms. The number of halogens is 3. The molecule has 0 heterocycles. The topological polar surface area (TPSA) is 92.4 Å². The number of aryl methyl sites for hydroxylation is 1. The van der Waals surface area contributed by atoms with E-state index in [-0.39, 0.29) is 24.0 Å². The molecule has 1 fully saturated rings. The zero-order chi connectivity index (χ0) is 24.3. The highest BCUT2D eigenvalue weighted by Crippen LogP contribution is 2.35. The van der Waals surface area contributed by atoms with Crippen molar-refractivity contribution in [1.82, 2.24) is 5.32 Å². The number of nitrogens with one attached hydrogen (secondary N) is 1. The molecule has 1 aromatic carbocycles. The molecule has 2 atom stereocenters. The van der Waals surface area contributed by atoms with E-state index in [0.717, 1.165) is 0 Å². The fourth-order valence-electron chi connectivity index (χ4n) is 4.11. The molecule has 2 aliphatic carbocycles. The van der Waals surface area contributed by atoms with Crippen LogP contribution in [0.15, 0.2) is 17.7 Å². The summed E-state index contributed by atoms with van der Waals surface area (Å²) >= 11 is 6.11. The van der Waals surface area contributed by atoms with Gasteiger partial charge in [0.05, 0.1) is 0 Å². The van der Waals surface area contributed by atoms with Gasteiger partial charge in [-0.05, 0) is 69.1 Å². The number of carbonyl (C=O) groups is 2. The number of alkyl halides is 1. The minimum atomic E-state index is -0.887. The molecule has 4 N–H and O–H groups in total. The van der Waals surface area contributed by atoms with E-state index in [1.54, 1.807) is 20.8 Å². The van der Waals surface area contributed by atoms with Gasteiger partial charge in [0.15, 0.2) is 11.6 Å². The molecule has 3 rings (SSSR count). The molecule has 0 spiro atoms. The summed E-state index contributed by atoms with van der Waals surface area (Å²) in [4.78, 5) is 19.2. The Morgan fingerprint density at radius 3 is 2.38 bits per heavy atom. The van der Waals surface area contributed by atoms with Crippen LogP contribution >= 0.6 is 11.6 Å². The molecule has 2 aliphatic rings. The first-order valence-electron chi connectivity index (χ1n) is 11.0. The fourth-order valence-corrected chi connectivity index (χ4v) is 4.32. The standard InChI is InChI=1S/C15H17ClF2O.C8H15NO.CH3NO/c1-8-5-10(3-4-12(8)17)7-11-14(16)9(2)6-13(19)15(11)18;1-7(10)9-8-5-3-2-4-6-8;2-1-3/h5-6,10,12,19H,3-4,7H2,1-2H3;8H,2-6H2,1H3,(H,9,10);1H,(H2,2,3). The van der Waals surface area contributed by atoms with Crippen LogP contribution in [0.5, 0.6) is 5.75 Å². The Bertz CT molecular complexity index is 770. The van der Waals surface area contributed by atoms with E-state index >= 15 is 0 Å². The molecule has 8 heteroatoms. The van der Waals surface area contributed by atoms with Gasteiger partial charge in [-0.3, -0.25) is 9.59 Å². The third-order valence-electron chi connectivity index (χ3n) is 5.72. The lowest BCUT2D eigenvalue weighted by Gasteiger charge is -2.23. The quantitative estimate of drug-likeness (QED) is 0.412. The Morgan fingerprint density at radius 1 is 1.25 bits per heavy atom. The van der Waals surface area contributed by atoms with Gasteiger partial charge >= 0.3 is 0 Å². The maximum atomic E-state index is 13.9. The van der Waals surface area contributed by atoms with Gasteiger partial charge in [0.25, 0.3) is 0 Å². The number of primary amides is 1. The molecule has 2 amide bonds. The highest BCUT2D eigenvalue weighted by atomic mass is 35.5. The van der Waals surface area contributed by atoms with Crippen LogP contribution < -0.4 is 11.1 Å². The SMILES string of the molecule is CC(=O)NC1CCCCC1.CC1=CC(Cc2c(F)c(O)cc(C)c2Cl)CCC1F.NC=O. The van der Waals surface area contributed by atoms with Gasteiger partial charge in [0, 0.05) is 23.6 Å². The number of carbonyl (C=O) groups excluding carboxylic acids is 2. The first-order valence-corrected chi connectivity index (χ1v) is 11.4. The lowest BCUT2D eigenvalue weighted by molar-refractivity contribution is -0.119. The van der Waals surface area contributed by atoms with Crippen molar-refractivity contribution in [1.29, 1.82) is 0 Å². The summed E-state index contributed by atoms with van der Waals surface area (Å²) in [5.74, 6) is -0.854. The van der Waals surface area contributed by atoms with Crippen LogP contribution in [0, 0.1) is 18.7 Å². The number of allylic oxidation sites excluding steroid dienone is 2. The normalized spacial score (nSPS) is 20.6. The molecule has 0 saturated heterocycles. The maximum Gasteiger partial charge on any atom is 0.217 e. The van der Waals surface area contributed by atoms with Gasteiger partial charge in [-0.15, -0.1) is 0 Å². The van der Waals surface area contributed by atoms with Crippen molar-refractivity contribution >= 4 is 23.9 Å². The third kappa shape index (κ3) is 9.15. The second-order valence-corrected chi connectivity index (χ2v) is 8.79. The first kappa shape index (κ1) is 27.9. The van der Waals surface area contributed by atoms with E-state index in [1.807, 2.05) is 6.08 Å². The molecule has 0 radical (unpaired) electrons. The minimum Gasteiger partial charge on any atom is -0.505 e. The van der Waals surface area contributed by atoms with Gasteiger partial charge in [0.1, 0.15) is 6.17 Å². The van der Waals surface area contributed by atoms with Crippen molar-refractivity contribution in [2.24, 2.45) is 11.7 Å².